The highest BCUT2D eigenvalue weighted by Gasteiger charge is 2.51. The zero-order valence-electron chi connectivity index (χ0n) is 6.44. The molecule has 5 heteroatoms. The average Bonchev–Trinajstić information content (AvgIpc) is 2.60. The summed E-state index contributed by atoms with van der Waals surface area (Å²) >= 11 is 10.7. The summed E-state index contributed by atoms with van der Waals surface area (Å²) in [5.74, 6) is -1.22. The standard InChI is InChI=1S/C8H6Cl2O3/c9-7(11)5-3-1-2-4(13-3)6(5)8(10)12/h1-6H. The van der Waals surface area contributed by atoms with E-state index in [4.69, 9.17) is 27.9 Å². The van der Waals surface area contributed by atoms with Crippen molar-refractivity contribution in [2.75, 3.05) is 0 Å². The van der Waals surface area contributed by atoms with Gasteiger partial charge in [0, 0.05) is 0 Å². The Morgan fingerprint density at radius 2 is 1.38 bits per heavy atom. The number of rotatable bonds is 2. The van der Waals surface area contributed by atoms with Crippen LogP contribution in [0.4, 0.5) is 0 Å². The molecule has 0 N–H and O–H groups in total. The van der Waals surface area contributed by atoms with E-state index in [9.17, 15) is 9.59 Å². The van der Waals surface area contributed by atoms with Gasteiger partial charge in [0.25, 0.3) is 0 Å². The molecule has 0 aromatic rings. The summed E-state index contributed by atoms with van der Waals surface area (Å²) in [6, 6.07) is 0. The Balaban J connectivity index is 2.30. The third-order valence-corrected chi connectivity index (χ3v) is 2.93. The summed E-state index contributed by atoms with van der Waals surface area (Å²) in [7, 11) is 0. The Labute approximate surface area is 84.6 Å². The molecular formula is C8H6Cl2O3. The second-order valence-electron chi connectivity index (χ2n) is 3.11. The first kappa shape index (κ1) is 9.19. The lowest BCUT2D eigenvalue weighted by molar-refractivity contribution is -0.123. The number of hydrogen-bond acceptors (Lipinski definition) is 3. The molecular weight excluding hydrogens is 215 g/mol. The Bertz CT molecular complexity index is 272. The van der Waals surface area contributed by atoms with Gasteiger partial charge in [0.2, 0.25) is 10.5 Å². The third-order valence-electron chi connectivity index (χ3n) is 2.42. The molecule has 13 heavy (non-hydrogen) atoms. The zero-order chi connectivity index (χ0) is 9.59. The van der Waals surface area contributed by atoms with E-state index in [1.807, 2.05) is 0 Å². The minimum Gasteiger partial charge on any atom is -0.365 e. The number of fused-ring (bicyclic) bond motifs is 2. The molecule has 4 atom stereocenters. The van der Waals surface area contributed by atoms with E-state index in [1.165, 1.54) is 0 Å². The summed E-state index contributed by atoms with van der Waals surface area (Å²) in [5.41, 5.74) is 0. The summed E-state index contributed by atoms with van der Waals surface area (Å²) in [4.78, 5) is 22.0. The van der Waals surface area contributed by atoms with E-state index in [1.54, 1.807) is 12.2 Å². The van der Waals surface area contributed by atoms with Crippen LogP contribution in [0.5, 0.6) is 0 Å². The van der Waals surface area contributed by atoms with Gasteiger partial charge >= 0.3 is 0 Å². The van der Waals surface area contributed by atoms with Crippen molar-refractivity contribution in [3.63, 3.8) is 0 Å². The molecule has 2 aliphatic rings. The van der Waals surface area contributed by atoms with Crippen molar-refractivity contribution in [3.05, 3.63) is 12.2 Å². The van der Waals surface area contributed by atoms with Gasteiger partial charge in [-0.25, -0.2) is 0 Å². The van der Waals surface area contributed by atoms with Crippen LogP contribution in [0.25, 0.3) is 0 Å². The molecule has 0 aromatic carbocycles. The fourth-order valence-corrected chi connectivity index (χ4v) is 2.37. The van der Waals surface area contributed by atoms with Crippen LogP contribution >= 0.6 is 23.2 Å². The first-order valence-electron chi connectivity index (χ1n) is 3.83. The summed E-state index contributed by atoms with van der Waals surface area (Å²) < 4.78 is 5.30. The van der Waals surface area contributed by atoms with Crippen molar-refractivity contribution in [1.29, 1.82) is 0 Å². The van der Waals surface area contributed by atoms with Crippen LogP contribution in [0.2, 0.25) is 0 Å². The number of carbonyl (C=O) groups is 2. The predicted octanol–water partition coefficient (Wildman–Crippen LogP) is 1.09. The van der Waals surface area contributed by atoms with Crippen LogP contribution in [0, 0.1) is 11.8 Å². The molecule has 4 unspecified atom stereocenters. The molecule has 2 rings (SSSR count). The van der Waals surface area contributed by atoms with Crippen molar-refractivity contribution >= 4 is 33.7 Å². The molecule has 70 valence electrons. The SMILES string of the molecule is O=C(Cl)C1C2C=CC(O2)C1C(=O)Cl. The number of carbonyl (C=O) groups excluding carboxylic acids is 2. The number of halogens is 2. The fourth-order valence-electron chi connectivity index (χ4n) is 1.85. The highest BCUT2D eigenvalue weighted by Crippen LogP contribution is 2.41. The minimum atomic E-state index is -0.610. The van der Waals surface area contributed by atoms with Crippen LogP contribution in [0.1, 0.15) is 0 Å². The van der Waals surface area contributed by atoms with Crippen molar-refractivity contribution in [3.8, 4) is 0 Å². The van der Waals surface area contributed by atoms with E-state index < -0.39 is 22.3 Å². The molecule has 0 spiro atoms. The highest BCUT2D eigenvalue weighted by molar-refractivity contribution is 6.67. The maximum absolute atomic E-state index is 11.0. The third kappa shape index (κ3) is 1.31. The lowest BCUT2D eigenvalue weighted by Crippen LogP contribution is -2.32. The molecule has 3 nitrogen and oxygen atoms in total. The van der Waals surface area contributed by atoms with Gasteiger partial charge in [-0.15, -0.1) is 0 Å². The summed E-state index contributed by atoms with van der Waals surface area (Å²) in [6.45, 7) is 0. The van der Waals surface area contributed by atoms with Gasteiger partial charge in [-0.05, 0) is 23.2 Å². The van der Waals surface area contributed by atoms with Crippen LogP contribution in [0.3, 0.4) is 0 Å². The molecule has 1 fully saturated rings. The van der Waals surface area contributed by atoms with E-state index in [0.717, 1.165) is 0 Å². The molecule has 0 saturated carbocycles. The average molecular weight is 221 g/mol. The van der Waals surface area contributed by atoms with E-state index in [0.29, 0.717) is 0 Å². The first-order chi connectivity index (χ1) is 6.11. The Morgan fingerprint density at radius 1 is 1.00 bits per heavy atom. The molecule has 1 saturated heterocycles. The Morgan fingerprint density at radius 3 is 1.69 bits per heavy atom. The number of hydrogen-bond donors (Lipinski definition) is 0. The van der Waals surface area contributed by atoms with Gasteiger partial charge in [0.05, 0.1) is 24.0 Å². The van der Waals surface area contributed by atoms with Crippen LogP contribution in [-0.4, -0.2) is 22.7 Å². The lowest BCUT2D eigenvalue weighted by atomic mass is 9.85. The van der Waals surface area contributed by atoms with Gasteiger partial charge < -0.3 is 4.74 Å². The van der Waals surface area contributed by atoms with Crippen molar-refractivity contribution in [2.45, 2.75) is 12.2 Å². The molecule has 0 aliphatic carbocycles. The Kier molecular flexibility index (Phi) is 2.18. The highest BCUT2D eigenvalue weighted by atomic mass is 35.5. The number of ether oxygens (including phenoxy) is 1. The maximum atomic E-state index is 11.0. The topological polar surface area (TPSA) is 43.4 Å². The molecule has 0 radical (unpaired) electrons. The molecule has 0 aromatic heterocycles. The molecule has 2 bridgehead atoms. The fraction of sp³-hybridized carbons (Fsp3) is 0.500. The lowest BCUT2D eigenvalue weighted by Gasteiger charge is -2.17. The van der Waals surface area contributed by atoms with Crippen molar-refractivity contribution in [1.82, 2.24) is 0 Å². The monoisotopic (exact) mass is 220 g/mol. The summed E-state index contributed by atoms with van der Waals surface area (Å²) in [5, 5.41) is -1.12. The van der Waals surface area contributed by atoms with E-state index >= 15 is 0 Å². The van der Waals surface area contributed by atoms with E-state index in [2.05, 4.69) is 0 Å². The van der Waals surface area contributed by atoms with E-state index in [-0.39, 0.29) is 12.2 Å². The van der Waals surface area contributed by atoms with Crippen LogP contribution in [0.15, 0.2) is 12.2 Å². The molecule has 2 aliphatic heterocycles. The van der Waals surface area contributed by atoms with Gasteiger partial charge in [-0.2, -0.15) is 0 Å². The quantitative estimate of drug-likeness (QED) is 0.517. The molecule has 0 amide bonds. The van der Waals surface area contributed by atoms with Gasteiger partial charge in [0.15, 0.2) is 0 Å². The summed E-state index contributed by atoms with van der Waals surface area (Å²) in [6.07, 6.45) is 2.74. The predicted molar refractivity (Wildman–Crippen MR) is 46.5 cm³/mol. The zero-order valence-corrected chi connectivity index (χ0v) is 7.96. The smallest absolute Gasteiger partial charge is 0.228 e. The van der Waals surface area contributed by atoms with Gasteiger partial charge in [0.1, 0.15) is 0 Å². The Hall–Kier alpha value is -0.380. The second kappa shape index (κ2) is 3.08. The van der Waals surface area contributed by atoms with Crippen molar-refractivity contribution < 1.29 is 14.3 Å². The first-order valence-corrected chi connectivity index (χ1v) is 4.59. The largest absolute Gasteiger partial charge is 0.365 e. The normalized spacial score (nSPS) is 41.1. The van der Waals surface area contributed by atoms with Gasteiger partial charge in [-0.1, -0.05) is 12.2 Å². The van der Waals surface area contributed by atoms with Crippen LogP contribution in [-0.2, 0) is 14.3 Å². The van der Waals surface area contributed by atoms with Crippen LogP contribution < -0.4 is 0 Å². The second-order valence-corrected chi connectivity index (χ2v) is 3.86. The van der Waals surface area contributed by atoms with Crippen molar-refractivity contribution in [2.24, 2.45) is 11.8 Å². The maximum Gasteiger partial charge on any atom is 0.228 e. The molecule has 2 heterocycles. The van der Waals surface area contributed by atoms with Gasteiger partial charge in [-0.3, -0.25) is 9.59 Å². The minimum absolute atomic E-state index is 0.373.